The van der Waals surface area contributed by atoms with Crippen molar-refractivity contribution >= 4 is 45.2 Å². The summed E-state index contributed by atoms with van der Waals surface area (Å²) in [5, 5.41) is 3.72. The number of carbonyl (C=O) groups excluding carboxylic acids is 4. The van der Waals surface area contributed by atoms with E-state index in [0.717, 1.165) is 40.8 Å². The monoisotopic (exact) mass is 690 g/mol. The zero-order valence-electron chi connectivity index (χ0n) is 30.9. The van der Waals surface area contributed by atoms with E-state index in [1.165, 1.54) is 6.42 Å². The lowest BCUT2D eigenvalue weighted by molar-refractivity contribution is -0.172. The summed E-state index contributed by atoms with van der Waals surface area (Å²) in [4.78, 5) is 54.7. The number of esters is 3. The number of hydrogen-bond acceptors (Lipinski definition) is 7. The molecule has 2 fully saturated rings. The molecule has 0 aliphatic heterocycles. The van der Waals surface area contributed by atoms with Crippen molar-refractivity contribution in [2.24, 2.45) is 28.1 Å². The second-order valence-corrected chi connectivity index (χ2v) is 16.8. The standard InChI is InChI=1S/C44H50O7/c1-27(2)49-39(46)42(3,4)25-44(7,41(48)51-37-21-28-12-13-32(37)20-28)26-43(5,6)40(47)50-36-19-18-30-15-17-34(23-35(30)24-36)38(45)33-16-14-29-10-8-9-11-31(29)22-33/h8-11,14-19,22-24,27-28,32,37H,12-13,20-21,25-26H2,1-7H3. The van der Waals surface area contributed by atoms with E-state index < -0.39 is 28.2 Å². The van der Waals surface area contributed by atoms with Crippen molar-refractivity contribution in [3.63, 3.8) is 0 Å². The molecule has 0 N–H and O–H groups in total. The van der Waals surface area contributed by atoms with Crippen LogP contribution in [0.2, 0.25) is 0 Å². The lowest BCUT2D eigenvalue weighted by Gasteiger charge is -2.39. The highest BCUT2D eigenvalue weighted by molar-refractivity contribution is 6.12. The maximum atomic E-state index is 14.1. The molecular formula is C44H50O7. The third-order valence-electron chi connectivity index (χ3n) is 10.8. The fraction of sp³-hybridized carbons (Fsp3) is 0.455. The topological polar surface area (TPSA) is 96.0 Å². The van der Waals surface area contributed by atoms with Gasteiger partial charge in [0.05, 0.1) is 22.3 Å². The second kappa shape index (κ2) is 13.9. The Morgan fingerprint density at radius 2 is 1.25 bits per heavy atom. The van der Waals surface area contributed by atoms with Gasteiger partial charge < -0.3 is 14.2 Å². The average Bonchev–Trinajstić information content (AvgIpc) is 3.70. The molecule has 4 aromatic carbocycles. The Labute approximate surface area is 301 Å². The quantitative estimate of drug-likeness (QED) is 0.0830. The number of hydrogen-bond donors (Lipinski definition) is 0. The van der Waals surface area contributed by atoms with Gasteiger partial charge in [0.15, 0.2) is 5.78 Å². The molecule has 0 spiro atoms. The predicted molar refractivity (Wildman–Crippen MR) is 198 cm³/mol. The fourth-order valence-corrected chi connectivity index (χ4v) is 8.46. The van der Waals surface area contributed by atoms with Gasteiger partial charge in [-0.15, -0.1) is 0 Å². The maximum absolute atomic E-state index is 14.1. The molecule has 0 heterocycles. The van der Waals surface area contributed by atoms with E-state index >= 15 is 0 Å². The van der Waals surface area contributed by atoms with Crippen molar-refractivity contribution in [3.8, 4) is 5.75 Å². The number of ether oxygens (including phenoxy) is 3. The SMILES string of the molecule is CC(C)OC(=O)C(C)(C)CC(C)(CC(C)(C)C(=O)Oc1ccc2ccc(C(=O)c3ccc4ccccc4c3)cc2c1)C(=O)OC1CC2CCC1C2. The lowest BCUT2D eigenvalue weighted by atomic mass is 9.66. The molecule has 2 aliphatic carbocycles. The lowest BCUT2D eigenvalue weighted by Crippen LogP contribution is -2.45. The van der Waals surface area contributed by atoms with Crippen LogP contribution in [0.3, 0.4) is 0 Å². The first kappa shape index (κ1) is 36.3. The number of benzene rings is 4. The van der Waals surface area contributed by atoms with Gasteiger partial charge in [-0.1, -0.05) is 54.6 Å². The van der Waals surface area contributed by atoms with Crippen LogP contribution in [0.4, 0.5) is 0 Å². The Bertz CT molecular complexity index is 1990. The van der Waals surface area contributed by atoms with Crippen molar-refractivity contribution in [1.82, 2.24) is 0 Å². The van der Waals surface area contributed by atoms with E-state index in [-0.39, 0.29) is 36.8 Å². The second-order valence-electron chi connectivity index (χ2n) is 16.8. The summed E-state index contributed by atoms with van der Waals surface area (Å²) in [6.45, 7) is 12.5. The highest BCUT2D eigenvalue weighted by Crippen LogP contribution is 2.49. The maximum Gasteiger partial charge on any atom is 0.316 e. The number of fused-ring (bicyclic) bond motifs is 4. The minimum absolute atomic E-state index is 0.0945. The van der Waals surface area contributed by atoms with Crippen LogP contribution in [-0.2, 0) is 23.9 Å². The summed E-state index contributed by atoms with van der Waals surface area (Å²) in [6, 6.07) is 24.5. The molecule has 0 saturated heterocycles. The molecule has 2 saturated carbocycles. The Morgan fingerprint density at radius 1 is 0.667 bits per heavy atom. The molecule has 2 aliphatic rings. The normalized spacial score (nSPS) is 20.0. The Morgan fingerprint density at radius 3 is 1.86 bits per heavy atom. The van der Waals surface area contributed by atoms with Crippen LogP contribution in [0.5, 0.6) is 5.75 Å². The smallest absolute Gasteiger partial charge is 0.316 e. The molecule has 0 radical (unpaired) electrons. The van der Waals surface area contributed by atoms with Crippen LogP contribution < -0.4 is 4.74 Å². The molecule has 2 bridgehead atoms. The first-order valence-corrected chi connectivity index (χ1v) is 18.2. The number of ketones is 1. The fourth-order valence-electron chi connectivity index (χ4n) is 8.46. The van der Waals surface area contributed by atoms with Gasteiger partial charge in [0.1, 0.15) is 11.9 Å². The molecule has 7 nitrogen and oxygen atoms in total. The Kier molecular flexibility index (Phi) is 9.88. The van der Waals surface area contributed by atoms with Crippen LogP contribution >= 0.6 is 0 Å². The molecule has 6 rings (SSSR count). The highest BCUT2D eigenvalue weighted by atomic mass is 16.6. The van der Waals surface area contributed by atoms with Crippen LogP contribution in [0.15, 0.2) is 78.9 Å². The van der Waals surface area contributed by atoms with Gasteiger partial charge in [0.25, 0.3) is 0 Å². The van der Waals surface area contributed by atoms with Crippen molar-refractivity contribution in [2.45, 2.75) is 99.2 Å². The molecule has 0 aromatic heterocycles. The number of rotatable bonds is 12. The predicted octanol–water partition coefficient (Wildman–Crippen LogP) is 9.65. The van der Waals surface area contributed by atoms with Gasteiger partial charge >= 0.3 is 17.9 Å². The van der Waals surface area contributed by atoms with Crippen LogP contribution in [0.25, 0.3) is 21.5 Å². The summed E-state index contributed by atoms with van der Waals surface area (Å²) >= 11 is 0. The summed E-state index contributed by atoms with van der Waals surface area (Å²) in [5.41, 5.74) is -2.17. The van der Waals surface area contributed by atoms with Crippen molar-refractivity contribution in [3.05, 3.63) is 90.0 Å². The third-order valence-corrected chi connectivity index (χ3v) is 10.8. The van der Waals surface area contributed by atoms with E-state index in [4.69, 9.17) is 14.2 Å². The summed E-state index contributed by atoms with van der Waals surface area (Å²) in [5.74, 6) is -0.0843. The molecule has 4 unspecified atom stereocenters. The van der Waals surface area contributed by atoms with Crippen LogP contribution in [0.1, 0.15) is 103 Å². The molecular weight excluding hydrogens is 640 g/mol. The summed E-state index contributed by atoms with van der Waals surface area (Å²) in [7, 11) is 0. The van der Waals surface area contributed by atoms with E-state index in [1.807, 2.05) is 66.7 Å². The third kappa shape index (κ3) is 7.88. The van der Waals surface area contributed by atoms with Gasteiger partial charge in [-0.25, -0.2) is 0 Å². The van der Waals surface area contributed by atoms with E-state index in [1.54, 1.807) is 60.6 Å². The molecule has 7 heteroatoms. The minimum atomic E-state index is -1.18. The van der Waals surface area contributed by atoms with Crippen molar-refractivity contribution in [1.29, 1.82) is 0 Å². The molecule has 4 aromatic rings. The average molecular weight is 691 g/mol. The van der Waals surface area contributed by atoms with E-state index in [2.05, 4.69) is 0 Å². The van der Waals surface area contributed by atoms with Crippen LogP contribution in [-0.4, -0.2) is 35.9 Å². The molecule has 268 valence electrons. The summed E-state index contributed by atoms with van der Waals surface area (Å²) < 4.78 is 17.8. The summed E-state index contributed by atoms with van der Waals surface area (Å²) in [6.07, 6.45) is 4.02. The minimum Gasteiger partial charge on any atom is -0.463 e. The van der Waals surface area contributed by atoms with Crippen molar-refractivity contribution in [2.75, 3.05) is 0 Å². The zero-order valence-corrected chi connectivity index (χ0v) is 30.9. The van der Waals surface area contributed by atoms with E-state index in [0.29, 0.717) is 28.7 Å². The van der Waals surface area contributed by atoms with Gasteiger partial charge in [-0.2, -0.15) is 0 Å². The van der Waals surface area contributed by atoms with Gasteiger partial charge in [-0.05, 0) is 145 Å². The number of carbonyl (C=O) groups is 4. The van der Waals surface area contributed by atoms with Gasteiger partial charge in [0.2, 0.25) is 0 Å². The highest BCUT2D eigenvalue weighted by Gasteiger charge is 2.51. The first-order valence-electron chi connectivity index (χ1n) is 18.2. The Balaban J connectivity index is 1.21. The van der Waals surface area contributed by atoms with Crippen molar-refractivity contribution < 1.29 is 33.4 Å². The first-order chi connectivity index (χ1) is 24.0. The largest absolute Gasteiger partial charge is 0.463 e. The van der Waals surface area contributed by atoms with Gasteiger partial charge in [-0.3, -0.25) is 19.2 Å². The molecule has 51 heavy (non-hydrogen) atoms. The van der Waals surface area contributed by atoms with Crippen LogP contribution in [0, 0.1) is 28.1 Å². The van der Waals surface area contributed by atoms with Gasteiger partial charge in [0, 0.05) is 11.1 Å². The Hall–Kier alpha value is -4.52. The molecule has 4 atom stereocenters. The van der Waals surface area contributed by atoms with E-state index in [9.17, 15) is 19.2 Å². The zero-order chi connectivity index (χ0) is 36.7. The molecule has 0 amide bonds.